The Kier molecular flexibility index (Phi) is 9.84. The van der Waals surface area contributed by atoms with Crippen LogP contribution in [0.15, 0.2) is 72.8 Å². The summed E-state index contributed by atoms with van der Waals surface area (Å²) in [4.78, 5) is 7.17. The number of thioether (sulfide) groups is 1. The van der Waals surface area contributed by atoms with Crippen LogP contribution in [0.3, 0.4) is 0 Å². The van der Waals surface area contributed by atoms with Gasteiger partial charge in [0.25, 0.3) is 0 Å². The first-order chi connectivity index (χ1) is 17.2. The summed E-state index contributed by atoms with van der Waals surface area (Å²) >= 11 is 3.72. The van der Waals surface area contributed by atoms with Crippen molar-refractivity contribution in [3.05, 3.63) is 78.4 Å². The van der Waals surface area contributed by atoms with Gasteiger partial charge in [0.15, 0.2) is 0 Å². The van der Waals surface area contributed by atoms with Crippen molar-refractivity contribution in [1.82, 2.24) is 15.2 Å². The van der Waals surface area contributed by atoms with Crippen molar-refractivity contribution >= 4 is 39.0 Å². The molecule has 0 aliphatic heterocycles. The predicted octanol–water partition coefficient (Wildman–Crippen LogP) is 5.84. The molecule has 0 radical (unpaired) electrons. The van der Waals surface area contributed by atoms with Crippen LogP contribution in [0.5, 0.6) is 5.75 Å². The molecule has 0 aliphatic rings. The second-order valence-electron chi connectivity index (χ2n) is 8.45. The van der Waals surface area contributed by atoms with Gasteiger partial charge in [0, 0.05) is 55.5 Å². The summed E-state index contributed by atoms with van der Waals surface area (Å²) in [6.07, 6.45) is 0. The molecule has 35 heavy (non-hydrogen) atoms. The van der Waals surface area contributed by atoms with Gasteiger partial charge in [-0.25, -0.2) is 4.98 Å². The molecule has 3 aromatic carbocycles. The fourth-order valence-electron chi connectivity index (χ4n) is 3.67. The summed E-state index contributed by atoms with van der Waals surface area (Å²) in [6.45, 7) is 4.99. The van der Waals surface area contributed by atoms with Crippen molar-refractivity contribution in [3.63, 3.8) is 0 Å². The van der Waals surface area contributed by atoms with Crippen molar-refractivity contribution in [2.45, 2.75) is 5.75 Å². The molecular weight excluding hydrogens is 472 g/mol. The van der Waals surface area contributed by atoms with Gasteiger partial charge in [-0.2, -0.15) is 11.8 Å². The van der Waals surface area contributed by atoms with Crippen LogP contribution >= 0.6 is 23.1 Å². The van der Waals surface area contributed by atoms with Gasteiger partial charge in [-0.05, 0) is 42.9 Å². The maximum atomic E-state index is 5.22. The van der Waals surface area contributed by atoms with Crippen LogP contribution in [0, 0.1) is 0 Å². The molecule has 4 rings (SSSR count). The van der Waals surface area contributed by atoms with E-state index < -0.39 is 0 Å². The fourth-order valence-corrected chi connectivity index (χ4v) is 5.70. The zero-order chi connectivity index (χ0) is 24.3. The average Bonchev–Trinajstić information content (AvgIpc) is 3.33. The van der Waals surface area contributed by atoms with Gasteiger partial charge in [-0.15, -0.1) is 11.3 Å². The Morgan fingerprint density at radius 3 is 2.57 bits per heavy atom. The summed E-state index contributed by atoms with van der Waals surface area (Å²) in [5.74, 6) is 3.10. The molecule has 4 aromatic rings. The number of nitrogens with zero attached hydrogens (tertiary/aromatic N) is 2. The van der Waals surface area contributed by atoms with E-state index in [1.165, 1.54) is 15.8 Å². The van der Waals surface area contributed by atoms with E-state index in [2.05, 4.69) is 77.2 Å². The van der Waals surface area contributed by atoms with E-state index in [1.54, 1.807) is 18.4 Å². The lowest BCUT2D eigenvalue weighted by Gasteiger charge is -2.17. The van der Waals surface area contributed by atoms with Crippen molar-refractivity contribution in [2.75, 3.05) is 58.0 Å². The lowest BCUT2D eigenvalue weighted by Crippen LogP contribution is -2.32. The van der Waals surface area contributed by atoms with Gasteiger partial charge in [0.05, 0.1) is 17.3 Å². The summed E-state index contributed by atoms with van der Waals surface area (Å²) < 4.78 is 6.43. The van der Waals surface area contributed by atoms with Crippen LogP contribution in [-0.2, 0) is 5.75 Å². The Morgan fingerprint density at radius 1 is 0.943 bits per heavy atom. The van der Waals surface area contributed by atoms with Crippen LogP contribution < -0.4 is 15.4 Å². The highest BCUT2D eigenvalue weighted by molar-refractivity contribution is 7.98. The molecule has 7 heteroatoms. The summed E-state index contributed by atoms with van der Waals surface area (Å²) in [7, 11) is 3.90. The highest BCUT2D eigenvalue weighted by atomic mass is 32.2. The minimum absolute atomic E-state index is 0.900. The monoisotopic (exact) mass is 506 g/mol. The van der Waals surface area contributed by atoms with Gasteiger partial charge in [-0.1, -0.05) is 42.5 Å². The number of fused-ring (bicyclic) bond motifs is 1. The zero-order valence-corrected chi connectivity index (χ0v) is 22.1. The highest BCUT2D eigenvalue weighted by Crippen LogP contribution is 2.31. The van der Waals surface area contributed by atoms with Crippen molar-refractivity contribution in [3.8, 4) is 16.3 Å². The number of thiazole rings is 1. The second kappa shape index (κ2) is 13.5. The molecule has 2 N–H and O–H groups in total. The maximum Gasteiger partial charge on any atom is 0.124 e. The average molecular weight is 507 g/mol. The number of anilines is 1. The third-order valence-electron chi connectivity index (χ3n) is 5.76. The van der Waals surface area contributed by atoms with Gasteiger partial charge < -0.3 is 20.3 Å². The summed E-state index contributed by atoms with van der Waals surface area (Å²) in [5.41, 5.74) is 4.73. The third kappa shape index (κ3) is 7.97. The Hall–Kier alpha value is -2.58. The van der Waals surface area contributed by atoms with E-state index in [9.17, 15) is 0 Å². The molecule has 0 unspecified atom stereocenters. The topological polar surface area (TPSA) is 49.4 Å². The van der Waals surface area contributed by atoms with E-state index in [0.29, 0.717) is 0 Å². The number of benzene rings is 3. The molecular formula is C28H34N4OS2. The number of ether oxygens (including phenoxy) is 1. The predicted molar refractivity (Wildman–Crippen MR) is 153 cm³/mol. The quantitative estimate of drug-likeness (QED) is 0.210. The van der Waals surface area contributed by atoms with Crippen molar-refractivity contribution < 1.29 is 4.74 Å². The lowest BCUT2D eigenvalue weighted by atomic mass is 10.2. The van der Waals surface area contributed by atoms with E-state index in [-0.39, 0.29) is 0 Å². The first-order valence-corrected chi connectivity index (χ1v) is 14.0. The van der Waals surface area contributed by atoms with E-state index in [0.717, 1.165) is 66.2 Å². The molecule has 5 nitrogen and oxygen atoms in total. The number of hydrogen-bond acceptors (Lipinski definition) is 7. The molecule has 0 saturated heterocycles. The highest BCUT2D eigenvalue weighted by Gasteiger charge is 2.06. The van der Waals surface area contributed by atoms with Crippen molar-refractivity contribution in [1.29, 1.82) is 0 Å². The van der Waals surface area contributed by atoms with Crippen molar-refractivity contribution in [2.24, 2.45) is 0 Å². The van der Waals surface area contributed by atoms with Gasteiger partial charge in [-0.3, -0.25) is 0 Å². The minimum Gasteiger partial charge on any atom is -0.497 e. The zero-order valence-electron chi connectivity index (χ0n) is 20.5. The molecule has 1 heterocycles. The number of methoxy groups -OCH3 is 1. The minimum atomic E-state index is 0.900. The molecule has 0 atom stereocenters. The van der Waals surface area contributed by atoms with Gasteiger partial charge >= 0.3 is 0 Å². The Morgan fingerprint density at radius 2 is 1.77 bits per heavy atom. The number of likely N-dealkylation sites (N-methyl/N-ethyl adjacent to an activating group) is 1. The number of nitrogens with one attached hydrogen (secondary N) is 2. The SMILES string of the molecule is COc1ccc(CSCCN(C)CCNCCNc2ccc3nc(-c4ccccc4)sc3c2)cc1. The Labute approximate surface area is 216 Å². The molecule has 1 aromatic heterocycles. The van der Waals surface area contributed by atoms with Gasteiger partial charge in [0.2, 0.25) is 0 Å². The summed E-state index contributed by atoms with van der Waals surface area (Å²) in [6, 6.07) is 25.2. The molecule has 0 saturated carbocycles. The number of hydrogen-bond donors (Lipinski definition) is 2. The van der Waals surface area contributed by atoms with E-state index in [4.69, 9.17) is 9.72 Å². The first-order valence-electron chi connectivity index (χ1n) is 12.0. The normalized spacial score (nSPS) is 11.3. The van der Waals surface area contributed by atoms with Crippen LogP contribution in [0.2, 0.25) is 0 Å². The van der Waals surface area contributed by atoms with Crippen LogP contribution in [-0.4, -0.2) is 62.5 Å². The first kappa shape index (κ1) is 25.5. The molecule has 0 aliphatic carbocycles. The standard InChI is InChI=1S/C28H34N4OS2/c1-32(18-19-34-21-22-8-11-25(33-2)12-9-22)17-16-29-14-15-30-24-10-13-26-27(20-24)35-28(31-26)23-6-4-3-5-7-23/h3-13,20,29-30H,14-19,21H2,1-2H3. The molecule has 184 valence electrons. The van der Waals surface area contributed by atoms with Crippen LogP contribution in [0.1, 0.15) is 5.56 Å². The smallest absolute Gasteiger partial charge is 0.124 e. The lowest BCUT2D eigenvalue weighted by molar-refractivity contribution is 0.353. The van der Waals surface area contributed by atoms with E-state index in [1.807, 2.05) is 30.0 Å². The van der Waals surface area contributed by atoms with E-state index >= 15 is 0 Å². The third-order valence-corrected chi connectivity index (χ3v) is 7.83. The van der Waals surface area contributed by atoms with Crippen LogP contribution in [0.4, 0.5) is 5.69 Å². The number of aromatic nitrogens is 1. The largest absolute Gasteiger partial charge is 0.497 e. The number of rotatable bonds is 14. The summed E-state index contributed by atoms with van der Waals surface area (Å²) in [5, 5.41) is 8.15. The second-order valence-corrected chi connectivity index (χ2v) is 10.6. The molecule has 0 bridgehead atoms. The molecule has 0 spiro atoms. The Balaban J connectivity index is 1.08. The fraction of sp³-hybridized carbons (Fsp3) is 0.321. The maximum absolute atomic E-state index is 5.22. The van der Waals surface area contributed by atoms with Crippen LogP contribution in [0.25, 0.3) is 20.8 Å². The Bertz CT molecular complexity index is 1160. The van der Waals surface area contributed by atoms with Gasteiger partial charge in [0.1, 0.15) is 10.8 Å². The molecule has 0 amide bonds. The molecule has 0 fully saturated rings.